The van der Waals surface area contributed by atoms with E-state index < -0.39 is 12.6 Å². The monoisotopic (exact) mass is 365 g/mol. The van der Waals surface area contributed by atoms with Gasteiger partial charge in [-0.05, 0) is 50.5 Å². The van der Waals surface area contributed by atoms with E-state index in [0.717, 1.165) is 24.2 Å². The van der Waals surface area contributed by atoms with Gasteiger partial charge in [0.15, 0.2) is 11.5 Å². The van der Waals surface area contributed by atoms with Gasteiger partial charge in [0.2, 0.25) is 0 Å². The summed E-state index contributed by atoms with van der Waals surface area (Å²) in [4.78, 5) is 12.4. The zero-order valence-corrected chi connectivity index (χ0v) is 14.9. The lowest BCUT2D eigenvalue weighted by Gasteiger charge is -2.12. The second-order valence-corrected chi connectivity index (χ2v) is 6.33. The van der Waals surface area contributed by atoms with Crippen molar-refractivity contribution in [3.8, 4) is 11.5 Å². The molecule has 0 unspecified atom stereocenters. The number of hydrogen-bond donors (Lipinski definition) is 0. The van der Waals surface area contributed by atoms with Crippen LogP contribution in [0.2, 0.25) is 0 Å². The highest BCUT2D eigenvalue weighted by Gasteiger charge is 2.28. The van der Waals surface area contributed by atoms with Crippen molar-refractivity contribution in [2.45, 2.75) is 45.9 Å². The lowest BCUT2D eigenvalue weighted by molar-refractivity contribution is -0.0512. The smallest absolute Gasteiger partial charge is 0.387 e. The molecule has 0 bridgehead atoms. The Bertz CT molecular complexity index is 812. The van der Waals surface area contributed by atoms with E-state index in [4.69, 9.17) is 9.47 Å². The summed E-state index contributed by atoms with van der Waals surface area (Å²) >= 11 is 0. The number of aromatic nitrogens is 1. The standard InChI is InChI=1S/C19H21F2NO4/c1-11-8-15(12(2)22(11)14-5-6-14)18(23)25-10-13-4-7-16(26-19(20)21)17(9-13)24-3/h4,7-9,14,19H,5-6,10H2,1-3H3. The molecule has 1 heterocycles. The van der Waals surface area contributed by atoms with Gasteiger partial charge >= 0.3 is 12.6 Å². The van der Waals surface area contributed by atoms with Crippen LogP contribution in [0.1, 0.15) is 46.2 Å². The number of benzene rings is 1. The summed E-state index contributed by atoms with van der Waals surface area (Å²) in [6, 6.07) is 6.77. The molecule has 2 aromatic rings. The van der Waals surface area contributed by atoms with Crippen LogP contribution in [-0.4, -0.2) is 24.3 Å². The van der Waals surface area contributed by atoms with Crippen molar-refractivity contribution in [2.24, 2.45) is 0 Å². The van der Waals surface area contributed by atoms with E-state index in [2.05, 4.69) is 9.30 Å². The summed E-state index contributed by atoms with van der Waals surface area (Å²) in [5.74, 6) is -0.312. The largest absolute Gasteiger partial charge is 0.493 e. The molecular weight excluding hydrogens is 344 g/mol. The Morgan fingerprint density at radius 3 is 2.58 bits per heavy atom. The van der Waals surface area contributed by atoms with E-state index in [9.17, 15) is 13.6 Å². The lowest BCUT2D eigenvalue weighted by atomic mass is 10.2. The number of aryl methyl sites for hydroxylation is 1. The average Bonchev–Trinajstić information content (AvgIpc) is 3.38. The van der Waals surface area contributed by atoms with Gasteiger partial charge in [-0.25, -0.2) is 4.79 Å². The van der Waals surface area contributed by atoms with Gasteiger partial charge < -0.3 is 18.8 Å². The molecule has 0 atom stereocenters. The van der Waals surface area contributed by atoms with E-state index in [1.165, 1.54) is 19.2 Å². The molecule has 0 radical (unpaired) electrons. The number of ether oxygens (including phenoxy) is 3. The van der Waals surface area contributed by atoms with Gasteiger partial charge in [-0.3, -0.25) is 0 Å². The molecule has 140 valence electrons. The highest BCUT2D eigenvalue weighted by molar-refractivity contribution is 5.91. The fraction of sp³-hybridized carbons (Fsp3) is 0.421. The predicted molar refractivity (Wildman–Crippen MR) is 90.9 cm³/mol. The second-order valence-electron chi connectivity index (χ2n) is 6.33. The number of hydrogen-bond acceptors (Lipinski definition) is 4. The number of carbonyl (C=O) groups excluding carboxylic acids is 1. The Morgan fingerprint density at radius 1 is 1.23 bits per heavy atom. The Hall–Kier alpha value is -2.57. The topological polar surface area (TPSA) is 49.7 Å². The van der Waals surface area contributed by atoms with Crippen LogP contribution in [0.3, 0.4) is 0 Å². The van der Waals surface area contributed by atoms with Crippen molar-refractivity contribution in [1.82, 2.24) is 4.57 Å². The SMILES string of the molecule is COc1cc(COC(=O)c2cc(C)n(C3CC3)c2C)ccc1OC(F)F. The zero-order valence-electron chi connectivity index (χ0n) is 14.9. The van der Waals surface area contributed by atoms with Crippen LogP contribution in [0.4, 0.5) is 8.78 Å². The minimum atomic E-state index is -2.94. The number of rotatable bonds is 7. The van der Waals surface area contributed by atoms with Gasteiger partial charge in [0, 0.05) is 17.4 Å². The van der Waals surface area contributed by atoms with E-state index in [1.807, 2.05) is 19.9 Å². The Labute approximate surface area is 150 Å². The summed E-state index contributed by atoms with van der Waals surface area (Å²) in [5.41, 5.74) is 3.13. The molecule has 1 aliphatic carbocycles. The first-order valence-corrected chi connectivity index (χ1v) is 8.38. The molecule has 1 saturated carbocycles. The maximum Gasteiger partial charge on any atom is 0.387 e. The quantitative estimate of drug-likeness (QED) is 0.682. The van der Waals surface area contributed by atoms with Crippen LogP contribution >= 0.6 is 0 Å². The molecule has 3 rings (SSSR count). The van der Waals surface area contributed by atoms with Crippen LogP contribution in [-0.2, 0) is 11.3 Å². The zero-order chi connectivity index (χ0) is 18.8. The first-order chi connectivity index (χ1) is 12.4. The van der Waals surface area contributed by atoms with E-state index in [-0.39, 0.29) is 18.1 Å². The third-order valence-electron chi connectivity index (χ3n) is 4.43. The van der Waals surface area contributed by atoms with Crippen molar-refractivity contribution in [2.75, 3.05) is 7.11 Å². The molecule has 5 nitrogen and oxygen atoms in total. The Balaban J connectivity index is 1.69. The van der Waals surface area contributed by atoms with Crippen LogP contribution in [0, 0.1) is 13.8 Å². The summed E-state index contributed by atoms with van der Waals surface area (Å²) in [6.07, 6.45) is 2.27. The third kappa shape index (κ3) is 3.81. The number of alkyl halides is 2. The van der Waals surface area contributed by atoms with E-state index in [0.29, 0.717) is 17.2 Å². The highest BCUT2D eigenvalue weighted by atomic mass is 19.3. The first-order valence-electron chi connectivity index (χ1n) is 8.38. The van der Waals surface area contributed by atoms with Gasteiger partial charge in [0.25, 0.3) is 0 Å². The Kier molecular flexibility index (Phi) is 5.15. The number of carbonyl (C=O) groups is 1. The van der Waals surface area contributed by atoms with Gasteiger partial charge in [0.05, 0.1) is 12.7 Å². The summed E-state index contributed by atoms with van der Waals surface area (Å²) in [6.45, 7) is 0.974. The minimum Gasteiger partial charge on any atom is -0.493 e. The molecule has 0 spiro atoms. The second kappa shape index (κ2) is 7.35. The van der Waals surface area contributed by atoms with E-state index in [1.54, 1.807) is 6.07 Å². The molecule has 1 aliphatic rings. The molecule has 0 amide bonds. The molecule has 0 saturated heterocycles. The number of methoxy groups -OCH3 is 1. The number of nitrogens with zero attached hydrogens (tertiary/aromatic N) is 1. The molecule has 0 N–H and O–H groups in total. The lowest BCUT2D eigenvalue weighted by Crippen LogP contribution is -2.08. The Morgan fingerprint density at radius 2 is 1.96 bits per heavy atom. The van der Waals surface area contributed by atoms with Gasteiger partial charge in [-0.2, -0.15) is 8.78 Å². The van der Waals surface area contributed by atoms with E-state index >= 15 is 0 Å². The van der Waals surface area contributed by atoms with Gasteiger partial charge in [-0.1, -0.05) is 6.07 Å². The van der Waals surface area contributed by atoms with Crippen molar-refractivity contribution in [3.05, 3.63) is 46.8 Å². The van der Waals surface area contributed by atoms with Crippen molar-refractivity contribution < 1.29 is 27.8 Å². The van der Waals surface area contributed by atoms with Crippen molar-refractivity contribution in [1.29, 1.82) is 0 Å². The van der Waals surface area contributed by atoms with Gasteiger partial charge in [0.1, 0.15) is 6.61 Å². The van der Waals surface area contributed by atoms with Crippen molar-refractivity contribution >= 4 is 5.97 Å². The maximum absolute atomic E-state index is 12.4. The molecule has 1 aromatic carbocycles. The maximum atomic E-state index is 12.4. The number of halogens is 2. The third-order valence-corrected chi connectivity index (χ3v) is 4.43. The minimum absolute atomic E-state index is 0.0112. The normalized spacial score (nSPS) is 13.8. The van der Waals surface area contributed by atoms with Crippen molar-refractivity contribution in [3.63, 3.8) is 0 Å². The molecule has 26 heavy (non-hydrogen) atoms. The highest BCUT2D eigenvalue weighted by Crippen LogP contribution is 2.38. The fourth-order valence-corrected chi connectivity index (χ4v) is 3.10. The van der Waals surface area contributed by atoms with Crippen LogP contribution in [0.5, 0.6) is 11.5 Å². The summed E-state index contributed by atoms with van der Waals surface area (Å²) in [7, 11) is 1.36. The molecule has 1 fully saturated rings. The molecule has 7 heteroatoms. The summed E-state index contributed by atoms with van der Waals surface area (Å²) < 4.78 is 41.7. The fourth-order valence-electron chi connectivity index (χ4n) is 3.10. The average molecular weight is 365 g/mol. The van der Waals surface area contributed by atoms with Crippen LogP contribution in [0.15, 0.2) is 24.3 Å². The first kappa shape index (κ1) is 18.2. The predicted octanol–water partition coefficient (Wildman–Crippen LogP) is 4.41. The molecule has 1 aromatic heterocycles. The summed E-state index contributed by atoms with van der Waals surface area (Å²) in [5, 5.41) is 0. The molecular formula is C19H21F2NO4. The van der Waals surface area contributed by atoms with Gasteiger partial charge in [-0.15, -0.1) is 0 Å². The van der Waals surface area contributed by atoms with Crippen LogP contribution < -0.4 is 9.47 Å². The van der Waals surface area contributed by atoms with Crippen LogP contribution in [0.25, 0.3) is 0 Å². The number of esters is 1. The molecule has 0 aliphatic heterocycles.